The van der Waals surface area contributed by atoms with Crippen molar-refractivity contribution in [2.75, 3.05) is 13.2 Å². The third kappa shape index (κ3) is 9.62. The quantitative estimate of drug-likeness (QED) is 0.484. The van der Waals surface area contributed by atoms with Crippen molar-refractivity contribution in [2.45, 2.75) is 103 Å². The molecule has 6 nitrogen and oxygen atoms in total. The molecule has 1 heterocycles. The van der Waals surface area contributed by atoms with Crippen molar-refractivity contribution in [1.82, 2.24) is 0 Å². The van der Waals surface area contributed by atoms with Gasteiger partial charge in [-0.15, -0.1) is 0 Å². The molecule has 10 heteroatoms. The van der Waals surface area contributed by atoms with Crippen LogP contribution in [0.2, 0.25) is 78.6 Å². The van der Waals surface area contributed by atoms with Gasteiger partial charge in [0.25, 0.3) is 0 Å². The summed E-state index contributed by atoms with van der Waals surface area (Å²) in [4.78, 5) is 0. The molecule has 1 unspecified atom stereocenters. The Labute approximate surface area is 176 Å². The molecule has 1 N–H and O–H groups in total. The summed E-state index contributed by atoms with van der Waals surface area (Å²) >= 11 is 0. The lowest BCUT2D eigenvalue weighted by molar-refractivity contribution is -0.241. The van der Waals surface area contributed by atoms with Crippen molar-refractivity contribution < 1.29 is 27.5 Å². The minimum atomic E-state index is -1.97. The fourth-order valence-electron chi connectivity index (χ4n) is 2.83. The second-order valence-electron chi connectivity index (χ2n) is 11.7. The summed E-state index contributed by atoms with van der Waals surface area (Å²) in [6.07, 6.45) is -1.34. The van der Waals surface area contributed by atoms with Crippen LogP contribution in [0, 0.1) is 0 Å². The lowest BCUT2D eigenvalue weighted by Crippen LogP contribution is -2.55. The third-order valence-corrected chi connectivity index (χ3v) is 7.81. The Kier molecular flexibility index (Phi) is 8.58. The highest BCUT2D eigenvalue weighted by atomic mass is 28.4. The largest absolute Gasteiger partial charge is 0.415 e. The molecule has 168 valence electrons. The van der Waals surface area contributed by atoms with Gasteiger partial charge in [0.05, 0.1) is 13.2 Å². The van der Waals surface area contributed by atoms with E-state index >= 15 is 0 Å². The normalized spacial score (nSPS) is 30.1. The third-order valence-electron chi connectivity index (χ3n) is 3.83. The van der Waals surface area contributed by atoms with Crippen molar-refractivity contribution in [3.8, 4) is 0 Å². The predicted molar refractivity (Wildman–Crippen MR) is 125 cm³/mol. The smallest absolute Gasteiger partial charge is 0.217 e. The van der Waals surface area contributed by atoms with Gasteiger partial charge in [-0.25, -0.2) is 0 Å². The molecular weight excluding hydrogens is 425 g/mol. The molecule has 1 saturated heterocycles. The molecule has 0 bridgehead atoms. The van der Waals surface area contributed by atoms with E-state index in [1.165, 1.54) is 0 Å². The summed E-state index contributed by atoms with van der Waals surface area (Å²) in [7, 11) is -7.46. The Hall–Kier alpha value is 0.628. The molecule has 1 aliphatic heterocycles. The van der Waals surface area contributed by atoms with Crippen LogP contribution in [-0.4, -0.2) is 75.7 Å². The number of rotatable bonds is 10. The van der Waals surface area contributed by atoms with Gasteiger partial charge in [-0.1, -0.05) is 0 Å². The number of ether oxygens (including phenoxy) is 1. The molecular formula is C18H44O6Si4. The van der Waals surface area contributed by atoms with Crippen LogP contribution in [0.4, 0.5) is 0 Å². The zero-order valence-electron chi connectivity index (χ0n) is 20.1. The Morgan fingerprint density at radius 2 is 1.18 bits per heavy atom. The van der Waals surface area contributed by atoms with Gasteiger partial charge in [0, 0.05) is 0 Å². The van der Waals surface area contributed by atoms with Crippen molar-refractivity contribution in [3.05, 3.63) is 0 Å². The lowest BCUT2D eigenvalue weighted by atomic mass is 10.1. The first kappa shape index (κ1) is 26.7. The Balaban J connectivity index is 3.21. The molecule has 0 amide bonds. The molecule has 4 atom stereocenters. The second kappa shape index (κ2) is 9.01. The average molecular weight is 469 g/mol. The molecule has 0 radical (unpaired) electrons. The van der Waals surface area contributed by atoms with Gasteiger partial charge < -0.3 is 27.5 Å². The van der Waals surface area contributed by atoms with E-state index in [9.17, 15) is 5.11 Å². The maximum Gasteiger partial charge on any atom is 0.217 e. The standard InChI is InChI=1S/C18H44O6Si4/c1-25(2,3)20-13-15-16(23-27(7,8)9)17(24-28(10,11)12)18(19,22-15)14-21-26(4,5)6/h15-17,19H,13-14H2,1-12H3/t15-,16-,17+,18?/m1/s1. The average Bonchev–Trinajstić information content (AvgIpc) is 2.64. The van der Waals surface area contributed by atoms with E-state index in [-0.39, 0.29) is 18.8 Å². The maximum absolute atomic E-state index is 11.5. The van der Waals surface area contributed by atoms with Crippen molar-refractivity contribution in [1.29, 1.82) is 0 Å². The number of hydrogen-bond donors (Lipinski definition) is 1. The minimum absolute atomic E-state index is 0.0902. The zero-order chi connectivity index (χ0) is 22.2. The molecule has 0 spiro atoms. The Morgan fingerprint density at radius 3 is 1.57 bits per heavy atom. The van der Waals surface area contributed by atoms with E-state index in [2.05, 4.69) is 78.6 Å². The van der Waals surface area contributed by atoms with E-state index in [1.54, 1.807) is 0 Å². The molecule has 1 aliphatic rings. The molecule has 0 aromatic carbocycles. The molecule has 0 saturated carbocycles. The minimum Gasteiger partial charge on any atom is -0.415 e. The van der Waals surface area contributed by atoms with E-state index in [0.717, 1.165) is 0 Å². The first-order chi connectivity index (χ1) is 12.2. The molecule has 0 aromatic rings. The van der Waals surface area contributed by atoms with E-state index in [1.807, 2.05) is 0 Å². The monoisotopic (exact) mass is 468 g/mol. The summed E-state index contributed by atoms with van der Waals surface area (Å²) in [6, 6.07) is 0. The highest BCUT2D eigenvalue weighted by Crippen LogP contribution is 2.38. The fraction of sp³-hybridized carbons (Fsp3) is 1.00. The lowest BCUT2D eigenvalue weighted by Gasteiger charge is -2.37. The van der Waals surface area contributed by atoms with Crippen LogP contribution in [0.15, 0.2) is 0 Å². The van der Waals surface area contributed by atoms with Crippen LogP contribution in [0.5, 0.6) is 0 Å². The van der Waals surface area contributed by atoms with Gasteiger partial charge in [-0.05, 0) is 78.6 Å². The van der Waals surface area contributed by atoms with Gasteiger partial charge in [0.15, 0.2) is 33.3 Å². The highest BCUT2D eigenvalue weighted by molar-refractivity contribution is 6.71. The number of aliphatic hydroxyl groups is 1. The maximum atomic E-state index is 11.5. The van der Waals surface area contributed by atoms with Gasteiger partial charge >= 0.3 is 0 Å². The molecule has 0 aromatic heterocycles. The summed E-state index contributed by atoms with van der Waals surface area (Å²) in [6.45, 7) is 26.0. The SMILES string of the molecule is C[Si](C)(C)OC[C@H]1OC(O)(CO[Si](C)(C)C)[C@@H](O[Si](C)(C)C)[C@@H]1O[Si](C)(C)C. The summed E-state index contributed by atoms with van der Waals surface area (Å²) in [5, 5.41) is 11.5. The summed E-state index contributed by atoms with van der Waals surface area (Å²) in [5.41, 5.74) is 0. The highest BCUT2D eigenvalue weighted by Gasteiger charge is 2.58. The Morgan fingerprint density at radius 1 is 0.714 bits per heavy atom. The fourth-order valence-corrected chi connectivity index (χ4v) is 6.31. The van der Waals surface area contributed by atoms with E-state index < -0.39 is 45.2 Å². The van der Waals surface area contributed by atoms with Crippen molar-refractivity contribution >= 4 is 33.3 Å². The molecule has 1 rings (SSSR count). The van der Waals surface area contributed by atoms with Gasteiger partial charge in [0.1, 0.15) is 18.3 Å². The molecule has 0 aliphatic carbocycles. The van der Waals surface area contributed by atoms with Crippen LogP contribution in [0.1, 0.15) is 0 Å². The van der Waals surface area contributed by atoms with Crippen LogP contribution in [0.3, 0.4) is 0 Å². The first-order valence-corrected chi connectivity index (χ1v) is 23.9. The second-order valence-corrected chi connectivity index (χ2v) is 29.6. The van der Waals surface area contributed by atoms with Gasteiger partial charge in [-0.3, -0.25) is 0 Å². The van der Waals surface area contributed by atoms with Crippen LogP contribution in [0.25, 0.3) is 0 Å². The summed E-state index contributed by atoms with van der Waals surface area (Å²) < 4.78 is 31.4. The topological polar surface area (TPSA) is 66.4 Å². The van der Waals surface area contributed by atoms with E-state index in [0.29, 0.717) is 6.61 Å². The van der Waals surface area contributed by atoms with Crippen LogP contribution in [-0.2, 0) is 22.4 Å². The zero-order valence-corrected chi connectivity index (χ0v) is 24.1. The Bertz CT molecular complexity index is 506. The number of hydrogen-bond acceptors (Lipinski definition) is 6. The van der Waals surface area contributed by atoms with Crippen molar-refractivity contribution in [2.24, 2.45) is 0 Å². The van der Waals surface area contributed by atoms with Crippen molar-refractivity contribution in [3.63, 3.8) is 0 Å². The van der Waals surface area contributed by atoms with E-state index in [4.69, 9.17) is 22.4 Å². The summed E-state index contributed by atoms with van der Waals surface area (Å²) in [5.74, 6) is -1.53. The first-order valence-electron chi connectivity index (χ1n) is 10.2. The van der Waals surface area contributed by atoms with Crippen LogP contribution < -0.4 is 0 Å². The molecule has 28 heavy (non-hydrogen) atoms. The predicted octanol–water partition coefficient (Wildman–Crippen LogP) is 4.22. The van der Waals surface area contributed by atoms with Gasteiger partial charge in [-0.2, -0.15) is 0 Å². The molecule has 1 fully saturated rings. The van der Waals surface area contributed by atoms with Crippen LogP contribution >= 0.6 is 0 Å². The van der Waals surface area contributed by atoms with Gasteiger partial charge in [0.2, 0.25) is 5.79 Å².